The third kappa shape index (κ3) is 6.62. The maximum Gasteiger partial charge on any atom is 0.514 e. The molecule has 0 spiro atoms. The van der Waals surface area contributed by atoms with Crippen LogP contribution < -0.4 is 23.7 Å². The number of aliphatic hydroxyl groups excluding tert-OH is 2. The molecule has 1 aliphatic carbocycles. The van der Waals surface area contributed by atoms with E-state index in [1.54, 1.807) is 45.0 Å². The van der Waals surface area contributed by atoms with Crippen molar-refractivity contribution in [3.8, 4) is 28.7 Å². The molecule has 53 heavy (non-hydrogen) atoms. The molecule has 5 heterocycles. The van der Waals surface area contributed by atoms with E-state index in [-0.39, 0.29) is 50.5 Å². The molecule has 4 saturated heterocycles. The van der Waals surface area contributed by atoms with Gasteiger partial charge < -0.3 is 71.8 Å². The lowest BCUT2D eigenvalue weighted by Crippen LogP contribution is -2.63. The third-order valence-corrected chi connectivity index (χ3v) is 10.4. The van der Waals surface area contributed by atoms with E-state index in [9.17, 15) is 19.8 Å². The van der Waals surface area contributed by atoms with E-state index >= 15 is 0 Å². The SMILES string of the molecule is COc1cc([C@@H]2c3cc4c(cc3[C@@H](O[C@@H]3O[C@@H]5CO[C@@H](C)O[C@H]5[C@@H](O)[C@H]3O)[C@H]3COC(=O)[C@H]23)OCO4)cc(OC)c1OC(=O)OCC1COC(C)(C)O1. The fourth-order valence-corrected chi connectivity index (χ4v) is 7.94. The molecule has 2 aromatic carbocycles. The van der Waals surface area contributed by atoms with Crippen molar-refractivity contribution in [3.63, 3.8) is 0 Å². The van der Waals surface area contributed by atoms with Crippen molar-refractivity contribution < 1.29 is 81.4 Å². The zero-order valence-electron chi connectivity index (χ0n) is 29.7. The fraction of sp³-hybridized carbons (Fsp3) is 0.611. The predicted molar refractivity (Wildman–Crippen MR) is 174 cm³/mol. The molecule has 5 aliphatic heterocycles. The highest BCUT2D eigenvalue weighted by molar-refractivity contribution is 5.79. The molecule has 2 aromatic rings. The number of ether oxygens (including phenoxy) is 13. The molecule has 11 atom stereocenters. The van der Waals surface area contributed by atoms with Gasteiger partial charge in [0, 0.05) is 11.8 Å². The molecule has 17 nitrogen and oxygen atoms in total. The average Bonchev–Trinajstić information content (AvgIpc) is 3.86. The highest BCUT2D eigenvalue weighted by atomic mass is 16.8. The summed E-state index contributed by atoms with van der Waals surface area (Å²) in [4.78, 5) is 26.5. The van der Waals surface area contributed by atoms with Gasteiger partial charge >= 0.3 is 12.1 Å². The Morgan fingerprint density at radius 3 is 2.32 bits per heavy atom. The number of carbonyl (C=O) groups is 2. The Balaban J connectivity index is 1.12. The Morgan fingerprint density at radius 2 is 1.64 bits per heavy atom. The lowest BCUT2D eigenvalue weighted by Gasteiger charge is -2.47. The van der Waals surface area contributed by atoms with Crippen LogP contribution in [0.15, 0.2) is 24.3 Å². The largest absolute Gasteiger partial charge is 0.514 e. The van der Waals surface area contributed by atoms with E-state index in [0.717, 1.165) is 0 Å². The number of fused-ring (bicyclic) bond motifs is 4. The first-order valence-corrected chi connectivity index (χ1v) is 17.4. The summed E-state index contributed by atoms with van der Waals surface area (Å²) in [5.41, 5.74) is 1.84. The molecule has 4 fully saturated rings. The molecule has 288 valence electrons. The number of carbonyl (C=O) groups excluding carboxylic acids is 2. The minimum atomic E-state index is -1.48. The molecule has 0 amide bonds. The van der Waals surface area contributed by atoms with Gasteiger partial charge in [-0.25, -0.2) is 4.79 Å². The smallest absolute Gasteiger partial charge is 0.493 e. The number of benzene rings is 2. The van der Waals surface area contributed by atoms with Gasteiger partial charge in [-0.1, -0.05) is 0 Å². The number of hydrogen-bond donors (Lipinski definition) is 2. The normalized spacial score (nSPS) is 35.1. The van der Waals surface area contributed by atoms with Crippen LogP contribution in [0.4, 0.5) is 4.79 Å². The van der Waals surface area contributed by atoms with E-state index in [2.05, 4.69) is 0 Å². The van der Waals surface area contributed by atoms with Gasteiger partial charge in [0.2, 0.25) is 12.5 Å². The first-order valence-electron chi connectivity index (χ1n) is 17.4. The third-order valence-electron chi connectivity index (χ3n) is 10.4. The zero-order chi connectivity index (χ0) is 37.2. The van der Waals surface area contributed by atoms with E-state index in [1.807, 2.05) is 0 Å². The summed E-state index contributed by atoms with van der Waals surface area (Å²) in [6, 6.07) is 6.86. The van der Waals surface area contributed by atoms with Crippen molar-refractivity contribution in [2.24, 2.45) is 11.8 Å². The second kappa shape index (κ2) is 14.0. The molecule has 2 N–H and O–H groups in total. The number of hydrogen-bond acceptors (Lipinski definition) is 17. The Labute approximate surface area is 304 Å². The molecule has 0 aromatic heterocycles. The Kier molecular flexibility index (Phi) is 9.55. The Bertz CT molecular complexity index is 1700. The van der Waals surface area contributed by atoms with Crippen LogP contribution in [0.25, 0.3) is 0 Å². The van der Waals surface area contributed by atoms with E-state index in [4.69, 9.17) is 61.6 Å². The first kappa shape index (κ1) is 36.1. The lowest BCUT2D eigenvalue weighted by molar-refractivity contribution is -0.364. The number of rotatable bonds is 8. The molecule has 0 bridgehead atoms. The van der Waals surface area contributed by atoms with Gasteiger partial charge in [0.1, 0.15) is 37.1 Å². The van der Waals surface area contributed by atoms with Gasteiger partial charge in [0.15, 0.2) is 41.4 Å². The highest BCUT2D eigenvalue weighted by Gasteiger charge is 2.56. The van der Waals surface area contributed by atoms with Gasteiger partial charge in [0.25, 0.3) is 0 Å². The number of methoxy groups -OCH3 is 2. The second-order valence-corrected chi connectivity index (χ2v) is 14.1. The molecule has 0 radical (unpaired) electrons. The lowest BCUT2D eigenvalue weighted by atomic mass is 9.66. The van der Waals surface area contributed by atoms with Crippen LogP contribution in [0.3, 0.4) is 0 Å². The van der Waals surface area contributed by atoms with Crippen molar-refractivity contribution in [1.82, 2.24) is 0 Å². The molecule has 8 rings (SSSR count). The van der Waals surface area contributed by atoms with Gasteiger partial charge in [0.05, 0.1) is 46.1 Å². The van der Waals surface area contributed by atoms with Gasteiger partial charge in [-0.3, -0.25) is 4.79 Å². The summed E-state index contributed by atoms with van der Waals surface area (Å²) in [6.45, 7) is 5.48. The summed E-state index contributed by atoms with van der Waals surface area (Å²) in [7, 11) is 2.81. The molecule has 17 heteroatoms. The summed E-state index contributed by atoms with van der Waals surface area (Å²) in [5.74, 6) is -2.17. The maximum atomic E-state index is 13.7. The van der Waals surface area contributed by atoms with Gasteiger partial charge in [-0.15, -0.1) is 0 Å². The molecular formula is C36H42O17. The van der Waals surface area contributed by atoms with Crippen molar-refractivity contribution >= 4 is 12.1 Å². The predicted octanol–water partition coefficient (Wildman–Crippen LogP) is 2.30. The fourth-order valence-electron chi connectivity index (χ4n) is 7.94. The summed E-state index contributed by atoms with van der Waals surface area (Å²) in [6.07, 6.45) is -8.57. The van der Waals surface area contributed by atoms with Crippen molar-refractivity contribution in [1.29, 1.82) is 0 Å². The van der Waals surface area contributed by atoms with Crippen LogP contribution in [0.2, 0.25) is 0 Å². The number of aliphatic hydroxyl groups is 2. The van der Waals surface area contributed by atoms with Gasteiger partial charge in [-0.05, 0) is 61.7 Å². The monoisotopic (exact) mass is 746 g/mol. The van der Waals surface area contributed by atoms with Crippen LogP contribution in [0, 0.1) is 11.8 Å². The molecule has 0 saturated carbocycles. The Hall–Kier alpha value is -3.94. The van der Waals surface area contributed by atoms with Crippen LogP contribution in [-0.4, -0.2) is 119 Å². The van der Waals surface area contributed by atoms with Gasteiger partial charge in [-0.2, -0.15) is 0 Å². The maximum absolute atomic E-state index is 13.7. The Morgan fingerprint density at radius 1 is 0.925 bits per heavy atom. The topological polar surface area (TPSA) is 195 Å². The van der Waals surface area contributed by atoms with Crippen molar-refractivity contribution in [2.45, 2.75) is 81.7 Å². The van der Waals surface area contributed by atoms with Crippen molar-refractivity contribution in [3.05, 3.63) is 41.0 Å². The quantitative estimate of drug-likeness (QED) is 0.295. The summed E-state index contributed by atoms with van der Waals surface area (Å²) < 4.78 is 74.6. The number of cyclic esters (lactones) is 1. The highest BCUT2D eigenvalue weighted by Crippen LogP contribution is 2.57. The summed E-state index contributed by atoms with van der Waals surface area (Å²) in [5, 5.41) is 22.2. The molecular weight excluding hydrogens is 704 g/mol. The van der Waals surface area contributed by atoms with E-state index in [1.165, 1.54) is 14.2 Å². The standard InChI is InChI=1S/C36H42O17/c1-15-43-13-25-32(49-15)28(37)29(38)34(50-25)51-30-19-9-22-21(46-14-47-22)8-18(19)26(27-20(30)12-44-33(27)39)16-6-23(41-4)31(24(7-16)42-5)52-35(40)45-10-17-11-48-36(2,3)53-17/h6-9,15,17,20,25-30,32,34,37-38H,10-14H2,1-5H3/t15-,17?,20+,25-,26-,27+,28+,29-,30-,32-,34+/m1/s1. The molecule has 1 unspecified atom stereocenters. The van der Waals surface area contributed by atoms with Crippen LogP contribution in [0.1, 0.15) is 49.5 Å². The van der Waals surface area contributed by atoms with E-state index < -0.39 is 84.9 Å². The van der Waals surface area contributed by atoms with E-state index in [0.29, 0.717) is 28.2 Å². The minimum Gasteiger partial charge on any atom is -0.493 e. The average molecular weight is 747 g/mol. The molecule has 6 aliphatic rings. The van der Waals surface area contributed by atoms with Crippen LogP contribution >= 0.6 is 0 Å². The first-order chi connectivity index (χ1) is 25.4. The number of esters is 1. The zero-order valence-corrected chi connectivity index (χ0v) is 29.7. The second-order valence-electron chi connectivity index (χ2n) is 14.1. The summed E-state index contributed by atoms with van der Waals surface area (Å²) >= 11 is 0. The van der Waals surface area contributed by atoms with Crippen LogP contribution in [0.5, 0.6) is 28.7 Å². The van der Waals surface area contributed by atoms with Crippen LogP contribution in [-0.2, 0) is 42.7 Å². The minimum absolute atomic E-state index is 0.00601. The van der Waals surface area contributed by atoms with Crippen molar-refractivity contribution in [2.75, 3.05) is 47.4 Å².